The second-order valence-electron chi connectivity index (χ2n) is 13.3. The lowest BCUT2D eigenvalue weighted by molar-refractivity contribution is -0.152. The third-order valence-corrected chi connectivity index (χ3v) is 9.33. The summed E-state index contributed by atoms with van der Waals surface area (Å²) < 4.78 is 46.2. The molecule has 4 atom stereocenters. The fourth-order valence-corrected chi connectivity index (χ4v) is 5.69. The quantitative estimate of drug-likeness (QED) is 0.0687. The molecule has 0 aromatic heterocycles. The van der Waals surface area contributed by atoms with E-state index >= 15 is 0 Å². The number of hydrogen-bond donors (Lipinski definition) is 0. The van der Waals surface area contributed by atoms with Crippen LogP contribution in [-0.4, -0.2) is 84.9 Å². The van der Waals surface area contributed by atoms with Gasteiger partial charge in [-0.05, 0) is 69.5 Å². The molecule has 4 unspecified atom stereocenters. The molecule has 1 aliphatic heterocycles. The number of methoxy groups -OCH3 is 3. The van der Waals surface area contributed by atoms with E-state index in [0.717, 1.165) is 6.04 Å². The van der Waals surface area contributed by atoms with Crippen LogP contribution in [0.25, 0.3) is 6.08 Å². The molecule has 0 N–H and O–H groups in total. The predicted octanol–water partition coefficient (Wildman–Crippen LogP) is 7.30. The highest BCUT2D eigenvalue weighted by molar-refractivity contribution is 6.76. The van der Waals surface area contributed by atoms with Crippen LogP contribution in [0, 0.1) is 0 Å². The summed E-state index contributed by atoms with van der Waals surface area (Å²) >= 11 is 0. The van der Waals surface area contributed by atoms with Gasteiger partial charge in [-0.25, -0.2) is 9.59 Å². The van der Waals surface area contributed by atoms with Crippen LogP contribution in [0.4, 0.5) is 0 Å². The first-order valence-electron chi connectivity index (χ1n) is 16.3. The van der Waals surface area contributed by atoms with E-state index in [1.807, 2.05) is 51.1 Å². The maximum atomic E-state index is 13.5. The molecule has 0 bridgehead atoms. The fraction of sp³-hybridized carbons (Fsp3) is 0.514. The number of carbonyl (C=O) groups is 2. The number of rotatable bonds is 18. The van der Waals surface area contributed by atoms with Gasteiger partial charge in [0.2, 0.25) is 0 Å². The summed E-state index contributed by atoms with van der Waals surface area (Å²) in [6.07, 6.45) is 6.59. The fourth-order valence-electron chi connectivity index (χ4n) is 4.97. The molecule has 10 nitrogen and oxygen atoms in total. The van der Waals surface area contributed by atoms with Crippen LogP contribution in [-0.2, 0) is 28.4 Å². The van der Waals surface area contributed by atoms with E-state index in [1.54, 1.807) is 50.6 Å². The van der Waals surface area contributed by atoms with Gasteiger partial charge in [0, 0.05) is 28.4 Å². The normalized spacial score (nSPS) is 18.9. The van der Waals surface area contributed by atoms with Gasteiger partial charge in [0.1, 0.15) is 29.3 Å². The summed E-state index contributed by atoms with van der Waals surface area (Å²) in [7, 11) is 3.27. The molecule has 1 aliphatic rings. The zero-order valence-electron chi connectivity index (χ0n) is 29.8. The minimum Gasteiger partial charge on any atom is -0.497 e. The van der Waals surface area contributed by atoms with E-state index < -0.39 is 44.1 Å². The maximum Gasteiger partial charge on any atom is 0.342 e. The van der Waals surface area contributed by atoms with Crippen LogP contribution in [0.1, 0.15) is 59.9 Å². The van der Waals surface area contributed by atoms with E-state index in [0.29, 0.717) is 36.3 Å². The second-order valence-corrected chi connectivity index (χ2v) is 18.9. The Hall–Kier alpha value is -3.48. The number of benzene rings is 2. The Morgan fingerprint density at radius 3 is 2.38 bits per heavy atom. The van der Waals surface area contributed by atoms with Gasteiger partial charge < -0.3 is 37.9 Å². The lowest BCUT2D eigenvalue weighted by atomic mass is 10.0. The largest absolute Gasteiger partial charge is 0.497 e. The number of ether oxygens (including phenoxy) is 8. The van der Waals surface area contributed by atoms with Crippen LogP contribution in [0.15, 0.2) is 60.7 Å². The molecule has 0 spiro atoms. The Labute approximate surface area is 286 Å². The van der Waals surface area contributed by atoms with Crippen molar-refractivity contribution in [3.8, 4) is 11.5 Å². The molecular weight excluding hydrogens is 632 g/mol. The topological polar surface area (TPSA) is 108 Å². The molecule has 11 heteroatoms. The van der Waals surface area contributed by atoms with E-state index in [2.05, 4.69) is 19.6 Å². The molecule has 1 saturated heterocycles. The molecule has 1 heterocycles. The van der Waals surface area contributed by atoms with Gasteiger partial charge in [0.05, 0.1) is 31.5 Å². The van der Waals surface area contributed by atoms with E-state index in [9.17, 15) is 9.59 Å². The number of esters is 2. The zero-order chi connectivity index (χ0) is 35.3. The van der Waals surface area contributed by atoms with Gasteiger partial charge in [-0.1, -0.05) is 56.1 Å². The van der Waals surface area contributed by atoms with Crippen molar-refractivity contribution in [2.45, 2.75) is 89.5 Å². The molecule has 0 aliphatic carbocycles. The number of carbonyl (C=O) groups excluding carboxylic acids is 2. The Morgan fingerprint density at radius 1 is 1.00 bits per heavy atom. The monoisotopic (exact) mass is 684 g/mol. The summed E-state index contributed by atoms with van der Waals surface area (Å²) in [4.78, 5) is 26.6. The lowest BCUT2D eigenvalue weighted by Crippen LogP contribution is -2.37. The van der Waals surface area contributed by atoms with Crippen LogP contribution in [0.5, 0.6) is 11.5 Å². The molecule has 0 saturated carbocycles. The van der Waals surface area contributed by atoms with Crippen molar-refractivity contribution >= 4 is 26.1 Å². The molecule has 264 valence electrons. The Bertz CT molecular complexity index is 1380. The zero-order valence-corrected chi connectivity index (χ0v) is 30.8. The Morgan fingerprint density at radius 2 is 1.73 bits per heavy atom. The van der Waals surface area contributed by atoms with Gasteiger partial charge in [0.25, 0.3) is 0 Å². The van der Waals surface area contributed by atoms with Gasteiger partial charge in [-0.15, -0.1) is 0 Å². The summed E-state index contributed by atoms with van der Waals surface area (Å²) in [6, 6.07) is 13.1. The van der Waals surface area contributed by atoms with Crippen molar-refractivity contribution in [3.63, 3.8) is 0 Å². The first kappa shape index (κ1) is 39.0. The smallest absolute Gasteiger partial charge is 0.342 e. The molecule has 0 amide bonds. The lowest BCUT2D eigenvalue weighted by Gasteiger charge is -2.24. The molecule has 48 heavy (non-hydrogen) atoms. The van der Waals surface area contributed by atoms with Gasteiger partial charge in [-0.3, -0.25) is 0 Å². The van der Waals surface area contributed by atoms with Crippen molar-refractivity contribution < 1.29 is 47.5 Å². The minimum absolute atomic E-state index is 0.0142. The van der Waals surface area contributed by atoms with Crippen molar-refractivity contribution in [1.29, 1.82) is 0 Å². The Balaban J connectivity index is 1.92. The first-order valence-corrected chi connectivity index (χ1v) is 20.0. The highest BCUT2D eigenvalue weighted by Gasteiger charge is 2.45. The second kappa shape index (κ2) is 18.3. The van der Waals surface area contributed by atoms with E-state index in [-0.39, 0.29) is 24.2 Å². The average molecular weight is 685 g/mol. The van der Waals surface area contributed by atoms with Gasteiger partial charge in [0.15, 0.2) is 12.6 Å². The highest BCUT2D eigenvalue weighted by atomic mass is 28.3. The Kier molecular flexibility index (Phi) is 14.9. The van der Waals surface area contributed by atoms with Crippen molar-refractivity contribution in [2.75, 3.05) is 34.7 Å². The van der Waals surface area contributed by atoms with Crippen molar-refractivity contribution in [1.82, 2.24) is 0 Å². The minimum atomic E-state index is -1.43. The van der Waals surface area contributed by atoms with Crippen molar-refractivity contribution in [3.05, 3.63) is 77.4 Å². The summed E-state index contributed by atoms with van der Waals surface area (Å²) in [5.74, 6) is -1.11. The van der Waals surface area contributed by atoms with E-state index in [4.69, 9.17) is 37.9 Å². The predicted molar refractivity (Wildman–Crippen MR) is 187 cm³/mol. The van der Waals surface area contributed by atoms with Gasteiger partial charge >= 0.3 is 11.9 Å². The molecule has 3 rings (SSSR count). The molecular formula is C37H52O10Si. The summed E-state index contributed by atoms with van der Waals surface area (Å²) in [5.41, 5.74) is 1.25. The number of hydrogen-bond acceptors (Lipinski definition) is 10. The highest BCUT2D eigenvalue weighted by Crippen LogP contribution is 2.35. The van der Waals surface area contributed by atoms with Crippen LogP contribution in [0.3, 0.4) is 0 Å². The average Bonchev–Trinajstić information content (AvgIpc) is 3.36. The summed E-state index contributed by atoms with van der Waals surface area (Å²) in [5, 5.41) is 0. The van der Waals surface area contributed by atoms with Gasteiger partial charge in [-0.2, -0.15) is 0 Å². The molecule has 1 fully saturated rings. The standard InChI is InChI=1S/C37H52O10Si/c1-26(41-5)15-13-19-30(45-35(38)27-16-11-10-12-17-27)34-31(46-37(2,3)47-34)20-14-18-28-23-29(42-6)24-32(44-25-40-4)33(28)36(39)43-21-22-48(7,8)9/h10-14,16-19,23-24,26,30-31,34H,15,20-22,25H2,1-9H3/b18-14+,19-13-. The van der Waals surface area contributed by atoms with Crippen LogP contribution < -0.4 is 9.47 Å². The summed E-state index contributed by atoms with van der Waals surface area (Å²) in [6.45, 7) is 12.5. The van der Waals surface area contributed by atoms with E-state index in [1.165, 1.54) is 7.11 Å². The van der Waals surface area contributed by atoms with Crippen molar-refractivity contribution in [2.24, 2.45) is 0 Å². The van der Waals surface area contributed by atoms with Crippen LogP contribution >= 0.6 is 0 Å². The maximum absolute atomic E-state index is 13.5. The first-order chi connectivity index (χ1) is 22.8. The van der Waals surface area contributed by atoms with Crippen LogP contribution in [0.2, 0.25) is 25.7 Å². The SMILES string of the molecule is COCOc1cc(OC)cc(/C=C/CC2OC(C)(C)OC2C(/C=C\CC(C)OC)OC(=O)c2ccccc2)c1C(=O)OCC[Si](C)(C)C. The third-order valence-electron chi connectivity index (χ3n) is 7.62. The third kappa shape index (κ3) is 12.2. The molecule has 2 aromatic carbocycles. The molecule has 0 radical (unpaired) electrons. The molecule has 2 aromatic rings.